The second-order valence-corrected chi connectivity index (χ2v) is 7.61. The Kier molecular flexibility index (Phi) is 6.54. The lowest BCUT2D eigenvalue weighted by atomic mass is 9.96. The lowest BCUT2D eigenvalue weighted by Crippen LogP contribution is -2.35. The number of carbonyl (C=O) groups is 1. The summed E-state index contributed by atoms with van der Waals surface area (Å²) in [4.78, 5) is 23.2. The van der Waals surface area contributed by atoms with Crippen LogP contribution in [0.15, 0.2) is 73.2 Å². The minimum atomic E-state index is -0.159. The number of carbonyl (C=O) groups excluding carboxylic acids is 1. The first kappa shape index (κ1) is 19.9. The summed E-state index contributed by atoms with van der Waals surface area (Å²) in [6.45, 7) is 3.51. The van der Waals surface area contributed by atoms with Gasteiger partial charge in [-0.25, -0.2) is 0 Å². The molecule has 4 rings (SSSR count). The second kappa shape index (κ2) is 9.87. The molecular formula is C24H27N5O. The zero-order valence-electron chi connectivity index (χ0n) is 17.0. The molecule has 3 heterocycles. The predicted molar refractivity (Wildman–Crippen MR) is 120 cm³/mol. The Balaban J connectivity index is 1.25. The van der Waals surface area contributed by atoms with Crippen LogP contribution in [-0.2, 0) is 6.54 Å². The van der Waals surface area contributed by atoms with Crippen molar-refractivity contribution in [3.63, 3.8) is 0 Å². The van der Waals surface area contributed by atoms with Crippen LogP contribution in [0.5, 0.6) is 0 Å². The molecule has 1 aliphatic heterocycles. The van der Waals surface area contributed by atoms with Crippen LogP contribution in [0.3, 0.4) is 0 Å². The number of anilines is 2. The Morgan fingerprint density at radius 1 is 1.00 bits per heavy atom. The zero-order valence-corrected chi connectivity index (χ0v) is 17.0. The van der Waals surface area contributed by atoms with Gasteiger partial charge in [0.25, 0.3) is 5.91 Å². The lowest BCUT2D eigenvalue weighted by Gasteiger charge is -2.33. The van der Waals surface area contributed by atoms with Crippen molar-refractivity contribution in [2.75, 3.05) is 29.9 Å². The van der Waals surface area contributed by atoms with Crippen molar-refractivity contribution in [2.24, 2.45) is 5.92 Å². The van der Waals surface area contributed by atoms with E-state index < -0.39 is 0 Å². The number of nitrogens with one attached hydrogen (secondary N) is 2. The molecule has 6 heteroatoms. The van der Waals surface area contributed by atoms with Gasteiger partial charge in [0.05, 0.1) is 0 Å². The Labute approximate surface area is 177 Å². The molecule has 1 fully saturated rings. The van der Waals surface area contributed by atoms with Crippen LogP contribution in [0.25, 0.3) is 0 Å². The molecule has 6 nitrogen and oxygen atoms in total. The molecule has 0 spiro atoms. The molecule has 2 N–H and O–H groups in total. The summed E-state index contributed by atoms with van der Waals surface area (Å²) in [6.07, 6.45) is 7.67. The third kappa shape index (κ3) is 5.35. The third-order valence-electron chi connectivity index (χ3n) is 5.53. The van der Waals surface area contributed by atoms with Gasteiger partial charge in [-0.3, -0.25) is 14.8 Å². The van der Waals surface area contributed by atoms with Crippen LogP contribution in [0, 0.1) is 5.92 Å². The SMILES string of the molecule is O=C(NCc1ccccc1)c1cc(NCC2CCN(c3ccncc3)CC2)ccn1. The van der Waals surface area contributed by atoms with Crippen LogP contribution in [0.1, 0.15) is 28.9 Å². The molecule has 1 saturated heterocycles. The fourth-order valence-electron chi connectivity index (χ4n) is 3.75. The largest absolute Gasteiger partial charge is 0.385 e. The van der Waals surface area contributed by atoms with Gasteiger partial charge in [0.15, 0.2) is 0 Å². The first-order valence-corrected chi connectivity index (χ1v) is 10.4. The molecule has 1 aromatic carbocycles. The maximum atomic E-state index is 12.4. The first-order chi connectivity index (χ1) is 14.8. The standard InChI is InChI=1S/C24H27N5O/c30-24(28-18-19-4-2-1-3-5-19)23-16-21(6-13-26-23)27-17-20-9-14-29(15-10-20)22-7-11-25-12-8-22/h1-8,11-13,16,20H,9-10,14-15,17-18H2,(H,26,27)(H,28,30). The summed E-state index contributed by atoms with van der Waals surface area (Å²) in [5.74, 6) is 0.458. The number of piperidine rings is 1. The highest BCUT2D eigenvalue weighted by atomic mass is 16.1. The average molecular weight is 402 g/mol. The Morgan fingerprint density at radius 3 is 2.53 bits per heavy atom. The molecule has 0 atom stereocenters. The summed E-state index contributed by atoms with van der Waals surface area (Å²) in [5, 5.41) is 6.42. The van der Waals surface area contributed by atoms with E-state index in [9.17, 15) is 4.79 Å². The molecule has 1 amide bonds. The van der Waals surface area contributed by atoms with Crippen LogP contribution in [-0.4, -0.2) is 35.5 Å². The van der Waals surface area contributed by atoms with Crippen molar-refractivity contribution in [2.45, 2.75) is 19.4 Å². The van der Waals surface area contributed by atoms with Crippen LogP contribution >= 0.6 is 0 Å². The third-order valence-corrected chi connectivity index (χ3v) is 5.53. The van der Waals surface area contributed by atoms with Gasteiger partial charge >= 0.3 is 0 Å². The van der Waals surface area contributed by atoms with Crippen LogP contribution in [0.2, 0.25) is 0 Å². The van der Waals surface area contributed by atoms with E-state index in [4.69, 9.17) is 0 Å². The van der Waals surface area contributed by atoms with Crippen molar-refractivity contribution < 1.29 is 4.79 Å². The van der Waals surface area contributed by atoms with Crippen molar-refractivity contribution in [3.8, 4) is 0 Å². The summed E-state index contributed by atoms with van der Waals surface area (Å²) in [5.41, 5.74) is 3.68. The van der Waals surface area contributed by atoms with Crippen molar-refractivity contribution in [1.29, 1.82) is 0 Å². The minimum Gasteiger partial charge on any atom is -0.385 e. The fraction of sp³-hybridized carbons (Fsp3) is 0.292. The summed E-state index contributed by atoms with van der Waals surface area (Å²) in [6, 6.07) is 17.8. The molecule has 0 aliphatic carbocycles. The fourth-order valence-corrected chi connectivity index (χ4v) is 3.75. The van der Waals surface area contributed by atoms with E-state index in [0.29, 0.717) is 18.2 Å². The summed E-state index contributed by atoms with van der Waals surface area (Å²) < 4.78 is 0. The van der Waals surface area contributed by atoms with Gasteiger partial charge in [0.1, 0.15) is 5.69 Å². The number of pyridine rings is 2. The average Bonchev–Trinajstić information content (AvgIpc) is 2.83. The summed E-state index contributed by atoms with van der Waals surface area (Å²) >= 11 is 0. The van der Waals surface area contributed by atoms with E-state index in [2.05, 4.69) is 37.6 Å². The van der Waals surface area contributed by atoms with Gasteiger partial charge in [0.2, 0.25) is 0 Å². The number of hydrogen-bond donors (Lipinski definition) is 2. The van der Waals surface area contributed by atoms with Crippen LogP contribution in [0.4, 0.5) is 11.4 Å². The molecule has 154 valence electrons. The summed E-state index contributed by atoms with van der Waals surface area (Å²) in [7, 11) is 0. The number of amides is 1. The Hall–Kier alpha value is -3.41. The van der Waals surface area contributed by atoms with Gasteiger partial charge in [-0.1, -0.05) is 30.3 Å². The van der Waals surface area contributed by atoms with E-state index in [1.54, 1.807) is 6.20 Å². The zero-order chi connectivity index (χ0) is 20.6. The normalized spacial score (nSPS) is 14.3. The van der Waals surface area contributed by atoms with E-state index in [1.165, 1.54) is 5.69 Å². The van der Waals surface area contributed by atoms with Crippen molar-refractivity contribution >= 4 is 17.3 Å². The maximum Gasteiger partial charge on any atom is 0.270 e. The van der Waals surface area contributed by atoms with Gasteiger partial charge < -0.3 is 15.5 Å². The molecule has 1 aliphatic rings. The number of aromatic nitrogens is 2. The quantitative estimate of drug-likeness (QED) is 0.631. The van der Waals surface area contributed by atoms with E-state index in [-0.39, 0.29) is 5.91 Å². The molecule has 0 saturated carbocycles. The highest BCUT2D eigenvalue weighted by Crippen LogP contribution is 2.23. The second-order valence-electron chi connectivity index (χ2n) is 7.61. The van der Waals surface area contributed by atoms with Gasteiger partial charge in [0, 0.05) is 56.1 Å². The van der Waals surface area contributed by atoms with Gasteiger partial charge in [-0.05, 0) is 48.6 Å². The van der Waals surface area contributed by atoms with Crippen molar-refractivity contribution in [3.05, 3.63) is 84.4 Å². The number of nitrogens with zero attached hydrogens (tertiary/aromatic N) is 3. The highest BCUT2D eigenvalue weighted by Gasteiger charge is 2.19. The van der Waals surface area contributed by atoms with E-state index in [0.717, 1.165) is 43.7 Å². The number of benzene rings is 1. The molecule has 0 bridgehead atoms. The minimum absolute atomic E-state index is 0.159. The molecular weight excluding hydrogens is 374 g/mol. The Bertz CT molecular complexity index is 940. The van der Waals surface area contributed by atoms with Gasteiger partial charge in [-0.15, -0.1) is 0 Å². The number of hydrogen-bond acceptors (Lipinski definition) is 5. The predicted octanol–water partition coefficient (Wildman–Crippen LogP) is 3.74. The monoisotopic (exact) mass is 401 g/mol. The molecule has 2 aromatic heterocycles. The Morgan fingerprint density at radius 2 is 1.77 bits per heavy atom. The smallest absolute Gasteiger partial charge is 0.270 e. The first-order valence-electron chi connectivity index (χ1n) is 10.4. The molecule has 30 heavy (non-hydrogen) atoms. The topological polar surface area (TPSA) is 70.2 Å². The molecule has 0 unspecified atom stereocenters. The molecule has 0 radical (unpaired) electrons. The number of rotatable bonds is 7. The lowest BCUT2D eigenvalue weighted by molar-refractivity contribution is 0.0946. The maximum absolute atomic E-state index is 12.4. The van der Waals surface area contributed by atoms with Crippen LogP contribution < -0.4 is 15.5 Å². The van der Waals surface area contributed by atoms with Crippen molar-refractivity contribution in [1.82, 2.24) is 15.3 Å². The van der Waals surface area contributed by atoms with E-state index >= 15 is 0 Å². The molecule has 3 aromatic rings. The highest BCUT2D eigenvalue weighted by molar-refractivity contribution is 5.93. The van der Waals surface area contributed by atoms with E-state index in [1.807, 2.05) is 54.9 Å². The van der Waals surface area contributed by atoms with Gasteiger partial charge in [-0.2, -0.15) is 0 Å².